The lowest BCUT2D eigenvalue weighted by molar-refractivity contribution is -0.130. The van der Waals surface area contributed by atoms with E-state index in [-0.39, 0.29) is 5.91 Å². The molecule has 0 unspecified atom stereocenters. The fourth-order valence-electron chi connectivity index (χ4n) is 1.17. The number of nitrogens with two attached hydrogens (primary N) is 1. The number of carbonyl (C=O) groups excluding carboxylic acids is 1. The molecular weight excluding hydrogens is 164 g/mol. The van der Waals surface area contributed by atoms with Crippen LogP contribution >= 0.6 is 0 Å². The van der Waals surface area contributed by atoms with E-state index in [1.165, 1.54) is 6.42 Å². The third-order valence-electron chi connectivity index (χ3n) is 2.12. The Kier molecular flexibility index (Phi) is 7.69. The molecule has 0 aliphatic heterocycles. The number of hydrogen-bond donors (Lipinski definition) is 1. The number of rotatable bonds is 7. The first-order valence-corrected chi connectivity index (χ1v) is 5.16. The van der Waals surface area contributed by atoms with E-state index in [2.05, 4.69) is 6.92 Å². The summed E-state index contributed by atoms with van der Waals surface area (Å²) in [5.41, 5.74) is 5.36. The molecule has 13 heavy (non-hydrogen) atoms. The Bertz CT molecular complexity index is 137. The van der Waals surface area contributed by atoms with Gasteiger partial charge in [0.2, 0.25) is 5.91 Å². The lowest BCUT2D eigenvalue weighted by atomic mass is 10.2. The molecule has 0 saturated heterocycles. The number of carbonyl (C=O) groups is 1. The molecule has 0 aromatic rings. The van der Waals surface area contributed by atoms with Gasteiger partial charge in [0, 0.05) is 20.0 Å². The van der Waals surface area contributed by atoms with E-state index < -0.39 is 0 Å². The maximum Gasteiger partial charge on any atom is 0.222 e. The molecule has 1 amide bonds. The summed E-state index contributed by atoms with van der Waals surface area (Å²) in [7, 11) is 1.85. The van der Waals surface area contributed by atoms with E-state index in [1.54, 1.807) is 4.90 Å². The Balaban J connectivity index is 3.45. The molecule has 0 aromatic heterocycles. The summed E-state index contributed by atoms with van der Waals surface area (Å²) >= 11 is 0. The summed E-state index contributed by atoms with van der Waals surface area (Å²) in [6.45, 7) is 3.59. The fourth-order valence-corrected chi connectivity index (χ4v) is 1.17. The SMILES string of the molecule is CCCCCC(=O)N(C)CCCN. The minimum Gasteiger partial charge on any atom is -0.346 e. The molecule has 0 spiro atoms. The summed E-state index contributed by atoms with van der Waals surface area (Å²) in [5.74, 6) is 0.252. The summed E-state index contributed by atoms with van der Waals surface area (Å²) in [5, 5.41) is 0. The van der Waals surface area contributed by atoms with E-state index >= 15 is 0 Å². The minimum atomic E-state index is 0.252. The van der Waals surface area contributed by atoms with Crippen LogP contribution in [0.3, 0.4) is 0 Å². The van der Waals surface area contributed by atoms with Gasteiger partial charge in [-0.05, 0) is 19.4 Å². The van der Waals surface area contributed by atoms with Crippen LogP contribution < -0.4 is 5.73 Å². The zero-order valence-corrected chi connectivity index (χ0v) is 8.88. The second-order valence-corrected chi connectivity index (χ2v) is 3.41. The van der Waals surface area contributed by atoms with Crippen LogP contribution in [0.5, 0.6) is 0 Å². The van der Waals surface area contributed by atoms with Crippen LogP contribution in [0.4, 0.5) is 0 Å². The van der Waals surface area contributed by atoms with Crippen molar-refractivity contribution in [2.24, 2.45) is 5.73 Å². The van der Waals surface area contributed by atoms with Gasteiger partial charge in [-0.1, -0.05) is 19.8 Å². The molecule has 0 aliphatic carbocycles. The first-order chi connectivity index (χ1) is 6.22. The highest BCUT2D eigenvalue weighted by Crippen LogP contribution is 2.01. The van der Waals surface area contributed by atoms with Gasteiger partial charge in [-0.25, -0.2) is 0 Å². The van der Waals surface area contributed by atoms with Crippen molar-refractivity contribution in [3.8, 4) is 0 Å². The Morgan fingerprint density at radius 3 is 2.54 bits per heavy atom. The molecule has 0 heterocycles. The molecule has 0 saturated carbocycles. The van der Waals surface area contributed by atoms with Gasteiger partial charge in [0.25, 0.3) is 0 Å². The number of amides is 1. The third-order valence-corrected chi connectivity index (χ3v) is 2.12. The number of nitrogens with zero attached hydrogens (tertiary/aromatic N) is 1. The van der Waals surface area contributed by atoms with Crippen molar-refractivity contribution in [3.63, 3.8) is 0 Å². The number of unbranched alkanes of at least 4 members (excludes halogenated alkanes) is 2. The maximum absolute atomic E-state index is 11.4. The van der Waals surface area contributed by atoms with Crippen LogP contribution in [0.2, 0.25) is 0 Å². The molecule has 0 fully saturated rings. The van der Waals surface area contributed by atoms with Gasteiger partial charge in [-0.15, -0.1) is 0 Å². The molecule has 0 radical (unpaired) electrons. The average Bonchev–Trinajstić information content (AvgIpc) is 2.14. The first-order valence-electron chi connectivity index (χ1n) is 5.16. The van der Waals surface area contributed by atoms with Crippen molar-refractivity contribution in [1.29, 1.82) is 0 Å². The smallest absolute Gasteiger partial charge is 0.222 e. The van der Waals surface area contributed by atoms with Crippen LogP contribution in [0.25, 0.3) is 0 Å². The molecular formula is C10H22N2O. The Morgan fingerprint density at radius 2 is 2.00 bits per heavy atom. The highest BCUT2D eigenvalue weighted by atomic mass is 16.2. The van der Waals surface area contributed by atoms with E-state index in [0.717, 1.165) is 25.8 Å². The number of hydrogen-bond acceptors (Lipinski definition) is 2. The largest absolute Gasteiger partial charge is 0.346 e. The molecule has 0 rings (SSSR count). The van der Waals surface area contributed by atoms with Gasteiger partial charge in [-0.3, -0.25) is 4.79 Å². The van der Waals surface area contributed by atoms with Crippen molar-refractivity contribution < 1.29 is 4.79 Å². The molecule has 0 aromatic carbocycles. The van der Waals surface area contributed by atoms with Crippen molar-refractivity contribution in [3.05, 3.63) is 0 Å². The zero-order chi connectivity index (χ0) is 10.1. The van der Waals surface area contributed by atoms with E-state index in [0.29, 0.717) is 13.0 Å². The van der Waals surface area contributed by atoms with Crippen molar-refractivity contribution in [1.82, 2.24) is 4.90 Å². The van der Waals surface area contributed by atoms with Gasteiger partial charge in [0.1, 0.15) is 0 Å². The first kappa shape index (κ1) is 12.4. The lowest BCUT2D eigenvalue weighted by Gasteiger charge is -2.16. The monoisotopic (exact) mass is 186 g/mol. The normalized spacial score (nSPS) is 10.1. The summed E-state index contributed by atoms with van der Waals surface area (Å²) in [6, 6.07) is 0. The van der Waals surface area contributed by atoms with Crippen LogP contribution in [0.15, 0.2) is 0 Å². The van der Waals surface area contributed by atoms with Gasteiger partial charge < -0.3 is 10.6 Å². The van der Waals surface area contributed by atoms with Crippen LogP contribution in [0, 0.1) is 0 Å². The quantitative estimate of drug-likeness (QED) is 0.610. The van der Waals surface area contributed by atoms with Crippen molar-refractivity contribution >= 4 is 5.91 Å². The third kappa shape index (κ3) is 6.58. The van der Waals surface area contributed by atoms with Crippen LogP contribution in [-0.4, -0.2) is 30.9 Å². The Labute approximate surface area is 81.3 Å². The molecule has 0 bridgehead atoms. The fraction of sp³-hybridized carbons (Fsp3) is 0.900. The predicted molar refractivity (Wildman–Crippen MR) is 55.5 cm³/mol. The zero-order valence-electron chi connectivity index (χ0n) is 8.88. The van der Waals surface area contributed by atoms with Gasteiger partial charge in [0.05, 0.1) is 0 Å². The van der Waals surface area contributed by atoms with E-state index in [9.17, 15) is 4.79 Å². The van der Waals surface area contributed by atoms with Gasteiger partial charge in [-0.2, -0.15) is 0 Å². The molecule has 0 atom stereocenters. The van der Waals surface area contributed by atoms with Crippen molar-refractivity contribution in [2.75, 3.05) is 20.1 Å². The van der Waals surface area contributed by atoms with Crippen LogP contribution in [0.1, 0.15) is 39.0 Å². The van der Waals surface area contributed by atoms with Crippen LogP contribution in [-0.2, 0) is 4.79 Å². The molecule has 2 N–H and O–H groups in total. The minimum absolute atomic E-state index is 0.252. The van der Waals surface area contributed by atoms with E-state index in [1.807, 2.05) is 7.05 Å². The maximum atomic E-state index is 11.4. The summed E-state index contributed by atoms with van der Waals surface area (Å²) in [6.07, 6.45) is 4.92. The molecule has 78 valence electrons. The Morgan fingerprint density at radius 1 is 1.31 bits per heavy atom. The Hall–Kier alpha value is -0.570. The molecule has 0 aliphatic rings. The second kappa shape index (κ2) is 8.05. The van der Waals surface area contributed by atoms with Gasteiger partial charge in [0.15, 0.2) is 0 Å². The second-order valence-electron chi connectivity index (χ2n) is 3.41. The molecule has 3 heteroatoms. The predicted octanol–water partition coefficient (Wildman–Crippen LogP) is 1.37. The van der Waals surface area contributed by atoms with Crippen molar-refractivity contribution in [2.45, 2.75) is 39.0 Å². The molecule has 3 nitrogen and oxygen atoms in total. The van der Waals surface area contributed by atoms with E-state index in [4.69, 9.17) is 5.73 Å². The highest BCUT2D eigenvalue weighted by Gasteiger charge is 2.06. The average molecular weight is 186 g/mol. The summed E-state index contributed by atoms with van der Waals surface area (Å²) < 4.78 is 0. The summed E-state index contributed by atoms with van der Waals surface area (Å²) in [4.78, 5) is 13.2. The highest BCUT2D eigenvalue weighted by molar-refractivity contribution is 5.75. The standard InChI is InChI=1S/C10H22N2O/c1-3-4-5-7-10(13)12(2)9-6-8-11/h3-9,11H2,1-2H3. The lowest BCUT2D eigenvalue weighted by Crippen LogP contribution is -2.28. The topological polar surface area (TPSA) is 46.3 Å². The van der Waals surface area contributed by atoms with Gasteiger partial charge >= 0.3 is 0 Å².